The standard InChI is InChI=1S/C9H15BrN4.C5H13N.C4H3Br2N3/c1-3-6(4-2)13-9-8(11)12-5-7(10)14-9;1-3-5(6)4-2;5-2-1-8-4(7)3(6)9-2/h5-6H,3-4H2,1-2H3,(H2,11,12)(H,13,14);5H,3-4,6H2,1-2H3;1H,(H2,7,8). The highest BCUT2D eigenvalue weighted by Crippen LogP contribution is 2.18. The van der Waals surface area contributed by atoms with Gasteiger partial charge in [0.2, 0.25) is 0 Å². The monoisotopic (exact) mass is 596 g/mol. The van der Waals surface area contributed by atoms with E-state index in [1.165, 1.54) is 0 Å². The second-order valence-corrected chi connectivity index (χ2v) is 8.41. The van der Waals surface area contributed by atoms with Crippen LogP contribution in [0.2, 0.25) is 0 Å². The largest absolute Gasteiger partial charge is 0.381 e. The van der Waals surface area contributed by atoms with Gasteiger partial charge in [0.25, 0.3) is 0 Å². The van der Waals surface area contributed by atoms with E-state index in [0.29, 0.717) is 43.3 Å². The van der Waals surface area contributed by atoms with E-state index in [1.54, 1.807) is 12.4 Å². The lowest BCUT2D eigenvalue weighted by Crippen LogP contribution is -2.19. The summed E-state index contributed by atoms with van der Waals surface area (Å²) in [5, 5.41) is 3.26. The molecule has 2 heterocycles. The number of rotatable bonds is 6. The summed E-state index contributed by atoms with van der Waals surface area (Å²) >= 11 is 9.52. The van der Waals surface area contributed by atoms with Gasteiger partial charge in [0.05, 0.1) is 12.4 Å². The maximum atomic E-state index is 5.69. The fourth-order valence-corrected chi connectivity index (χ4v) is 2.90. The molecule has 0 amide bonds. The fourth-order valence-electron chi connectivity index (χ4n) is 1.81. The molecule has 0 aliphatic rings. The Morgan fingerprint density at radius 2 is 1.31 bits per heavy atom. The molecule has 0 aliphatic heterocycles. The van der Waals surface area contributed by atoms with Gasteiger partial charge < -0.3 is 22.5 Å². The summed E-state index contributed by atoms with van der Waals surface area (Å²) in [5.74, 6) is 1.51. The summed E-state index contributed by atoms with van der Waals surface area (Å²) < 4.78 is 1.93. The summed E-state index contributed by atoms with van der Waals surface area (Å²) in [4.78, 5) is 16.0. The van der Waals surface area contributed by atoms with Gasteiger partial charge in [-0.3, -0.25) is 0 Å². The first-order chi connectivity index (χ1) is 13.7. The van der Waals surface area contributed by atoms with Crippen LogP contribution in [0.15, 0.2) is 26.2 Å². The van der Waals surface area contributed by atoms with Gasteiger partial charge >= 0.3 is 0 Å². The van der Waals surface area contributed by atoms with Crippen molar-refractivity contribution in [3.8, 4) is 0 Å². The summed E-state index contributed by atoms with van der Waals surface area (Å²) in [5.41, 5.74) is 16.5. The van der Waals surface area contributed by atoms with Crippen LogP contribution in [0.3, 0.4) is 0 Å². The lowest BCUT2D eigenvalue weighted by molar-refractivity contribution is 0.629. The fraction of sp³-hybridized carbons (Fsp3) is 0.556. The topological polar surface area (TPSA) is 142 Å². The Morgan fingerprint density at radius 1 is 0.828 bits per heavy atom. The zero-order valence-corrected chi connectivity index (χ0v) is 22.1. The predicted molar refractivity (Wildman–Crippen MR) is 133 cm³/mol. The van der Waals surface area contributed by atoms with Crippen LogP contribution in [0.25, 0.3) is 0 Å². The van der Waals surface area contributed by atoms with Crippen molar-refractivity contribution in [1.29, 1.82) is 0 Å². The van der Waals surface area contributed by atoms with Crippen molar-refractivity contribution in [1.82, 2.24) is 19.9 Å². The van der Waals surface area contributed by atoms with Crippen LogP contribution in [-0.4, -0.2) is 32.0 Å². The highest BCUT2D eigenvalue weighted by Gasteiger charge is 2.08. The lowest BCUT2D eigenvalue weighted by Gasteiger charge is -2.16. The molecule has 2 aromatic heterocycles. The molecule has 0 atom stereocenters. The minimum Gasteiger partial charge on any atom is -0.381 e. The van der Waals surface area contributed by atoms with Crippen LogP contribution >= 0.6 is 47.8 Å². The second-order valence-electron chi connectivity index (χ2n) is 6.03. The highest BCUT2D eigenvalue weighted by atomic mass is 79.9. The minimum absolute atomic E-state index is 0.401. The van der Waals surface area contributed by atoms with Crippen molar-refractivity contribution in [2.45, 2.75) is 65.5 Å². The summed E-state index contributed by atoms with van der Waals surface area (Å²) in [6, 6.07) is 0.839. The van der Waals surface area contributed by atoms with Gasteiger partial charge in [0, 0.05) is 12.1 Å². The van der Waals surface area contributed by atoms with Crippen molar-refractivity contribution in [2.24, 2.45) is 5.73 Å². The molecule has 0 unspecified atom stereocenters. The molecule has 7 N–H and O–H groups in total. The lowest BCUT2D eigenvalue weighted by atomic mass is 10.2. The number of nitrogens with one attached hydrogen (secondary N) is 1. The molecule has 2 rings (SSSR count). The molecule has 0 bridgehead atoms. The molecule has 0 spiro atoms. The summed E-state index contributed by atoms with van der Waals surface area (Å²) in [6.07, 6.45) is 7.44. The number of anilines is 3. The Labute approximate surface area is 198 Å². The van der Waals surface area contributed by atoms with E-state index in [4.69, 9.17) is 17.2 Å². The number of hydrogen-bond acceptors (Lipinski definition) is 8. The third-order valence-corrected chi connectivity index (χ3v) is 5.22. The first-order valence-electron chi connectivity index (χ1n) is 9.41. The summed E-state index contributed by atoms with van der Waals surface area (Å²) in [6.45, 7) is 8.47. The molecule has 164 valence electrons. The summed E-state index contributed by atoms with van der Waals surface area (Å²) in [7, 11) is 0. The van der Waals surface area contributed by atoms with Gasteiger partial charge in [-0.05, 0) is 73.5 Å². The Morgan fingerprint density at radius 3 is 1.69 bits per heavy atom. The van der Waals surface area contributed by atoms with Gasteiger partial charge in [0.15, 0.2) is 17.5 Å². The van der Waals surface area contributed by atoms with Crippen LogP contribution < -0.4 is 22.5 Å². The van der Waals surface area contributed by atoms with Crippen LogP contribution in [0.1, 0.15) is 53.4 Å². The molecule has 0 aliphatic carbocycles. The Balaban J connectivity index is 0.000000448. The number of halogens is 3. The van der Waals surface area contributed by atoms with Crippen molar-refractivity contribution in [3.63, 3.8) is 0 Å². The van der Waals surface area contributed by atoms with Crippen LogP contribution in [-0.2, 0) is 0 Å². The molecule has 29 heavy (non-hydrogen) atoms. The molecule has 0 fully saturated rings. The third-order valence-electron chi connectivity index (χ3n) is 3.87. The maximum absolute atomic E-state index is 5.69. The molecular formula is C18H31Br3N8. The van der Waals surface area contributed by atoms with Gasteiger partial charge in [0.1, 0.15) is 13.8 Å². The highest BCUT2D eigenvalue weighted by molar-refractivity contribution is 9.11. The SMILES string of the molecule is CCC(CC)Nc1nc(Br)cnc1N.CCC(N)CC.Nc1ncc(Br)nc1Br. The minimum atomic E-state index is 0.401. The molecule has 0 saturated carbocycles. The van der Waals surface area contributed by atoms with E-state index in [9.17, 15) is 0 Å². The quantitative estimate of drug-likeness (QED) is 0.358. The van der Waals surface area contributed by atoms with Gasteiger partial charge in [-0.15, -0.1) is 0 Å². The Kier molecular flexibility index (Phi) is 15.2. The molecule has 11 heteroatoms. The molecule has 2 aromatic rings. The molecule has 0 radical (unpaired) electrons. The molecule has 0 aromatic carbocycles. The molecule has 8 nitrogen and oxygen atoms in total. The van der Waals surface area contributed by atoms with Gasteiger partial charge in [-0.25, -0.2) is 19.9 Å². The average molecular weight is 599 g/mol. The van der Waals surface area contributed by atoms with E-state index < -0.39 is 0 Å². The van der Waals surface area contributed by atoms with Gasteiger partial charge in [-0.1, -0.05) is 27.7 Å². The van der Waals surface area contributed by atoms with E-state index in [2.05, 4.69) is 101 Å². The number of nitrogen functional groups attached to an aromatic ring is 2. The van der Waals surface area contributed by atoms with E-state index >= 15 is 0 Å². The smallest absolute Gasteiger partial charge is 0.170 e. The predicted octanol–water partition coefficient (Wildman–Crippen LogP) is 5.14. The van der Waals surface area contributed by atoms with Crippen LogP contribution in [0.5, 0.6) is 0 Å². The first-order valence-corrected chi connectivity index (χ1v) is 11.8. The van der Waals surface area contributed by atoms with Crippen molar-refractivity contribution >= 4 is 65.2 Å². The molecular weight excluding hydrogens is 568 g/mol. The zero-order valence-electron chi connectivity index (χ0n) is 17.3. The molecule has 0 saturated heterocycles. The zero-order chi connectivity index (χ0) is 22.4. The van der Waals surface area contributed by atoms with E-state index in [-0.39, 0.29) is 0 Å². The number of hydrogen-bond donors (Lipinski definition) is 4. The number of aromatic nitrogens is 4. The van der Waals surface area contributed by atoms with E-state index in [0.717, 1.165) is 25.7 Å². The van der Waals surface area contributed by atoms with Crippen molar-refractivity contribution in [3.05, 3.63) is 26.2 Å². The number of nitrogens with two attached hydrogens (primary N) is 3. The third kappa shape index (κ3) is 12.3. The Hall–Kier alpha value is -1.04. The Bertz CT molecular complexity index is 710. The van der Waals surface area contributed by atoms with Crippen LogP contribution in [0.4, 0.5) is 17.5 Å². The number of nitrogens with zero attached hydrogens (tertiary/aromatic N) is 4. The van der Waals surface area contributed by atoms with Crippen molar-refractivity contribution < 1.29 is 0 Å². The van der Waals surface area contributed by atoms with Crippen LogP contribution in [0, 0.1) is 0 Å². The first kappa shape index (κ1) is 28.0. The normalized spacial score (nSPS) is 10.1. The van der Waals surface area contributed by atoms with E-state index in [1.807, 2.05) is 0 Å². The average Bonchev–Trinajstić information content (AvgIpc) is 2.71. The van der Waals surface area contributed by atoms with Crippen molar-refractivity contribution in [2.75, 3.05) is 16.8 Å². The second kappa shape index (κ2) is 15.8. The maximum Gasteiger partial charge on any atom is 0.170 e. The van der Waals surface area contributed by atoms with Gasteiger partial charge in [-0.2, -0.15) is 0 Å².